The van der Waals surface area contributed by atoms with E-state index in [1.807, 2.05) is 79.7 Å². The van der Waals surface area contributed by atoms with Gasteiger partial charge in [-0.1, -0.05) is 84.4 Å². The predicted octanol–water partition coefficient (Wildman–Crippen LogP) is 5.41. The van der Waals surface area contributed by atoms with Gasteiger partial charge in [-0.05, 0) is 53.4 Å². The molecule has 0 aliphatic heterocycles. The third-order valence-electron chi connectivity index (χ3n) is 5.09. The van der Waals surface area contributed by atoms with Crippen molar-refractivity contribution < 1.29 is 8.42 Å². The Bertz CT molecular complexity index is 1220. The van der Waals surface area contributed by atoms with Gasteiger partial charge in [0.1, 0.15) is 0 Å². The normalized spacial score (nSPS) is 12.7. The Morgan fingerprint density at radius 2 is 1.41 bits per heavy atom. The van der Waals surface area contributed by atoms with Crippen molar-refractivity contribution in [2.75, 3.05) is 0 Å². The van der Waals surface area contributed by atoms with Crippen molar-refractivity contribution in [3.8, 4) is 0 Å². The Morgan fingerprint density at radius 1 is 0.759 bits per heavy atom. The maximum absolute atomic E-state index is 13.1. The number of nitrogens with one attached hydrogen (secondary N) is 1. The lowest BCUT2D eigenvalue weighted by Crippen LogP contribution is -2.30. The molecule has 0 bridgehead atoms. The van der Waals surface area contributed by atoms with Crippen LogP contribution in [-0.4, -0.2) is 8.42 Å². The van der Waals surface area contributed by atoms with E-state index in [1.165, 1.54) is 0 Å². The van der Waals surface area contributed by atoms with Gasteiger partial charge in [-0.3, -0.25) is 0 Å². The van der Waals surface area contributed by atoms with Crippen LogP contribution < -0.4 is 4.72 Å². The molecule has 1 N–H and O–H groups in total. The van der Waals surface area contributed by atoms with Gasteiger partial charge >= 0.3 is 0 Å². The molecule has 29 heavy (non-hydrogen) atoms. The van der Waals surface area contributed by atoms with Crippen molar-refractivity contribution in [2.45, 2.75) is 24.3 Å². The molecular formula is C25H23NO2S. The van der Waals surface area contributed by atoms with Crippen LogP contribution in [0.5, 0.6) is 0 Å². The maximum Gasteiger partial charge on any atom is 0.241 e. The molecule has 0 saturated heterocycles. The quantitative estimate of drug-likeness (QED) is 0.469. The smallest absolute Gasteiger partial charge is 0.207 e. The van der Waals surface area contributed by atoms with Gasteiger partial charge in [0.05, 0.1) is 10.9 Å². The SMILES string of the molecule is Cc1ccc(S(=O)(=O)NC(Cc2ccccc2)c2ccc3ccccc3c2)cc1. The Labute approximate surface area is 172 Å². The Hall–Kier alpha value is -2.95. The summed E-state index contributed by atoms with van der Waals surface area (Å²) in [6, 6.07) is 30.7. The van der Waals surface area contributed by atoms with E-state index in [1.54, 1.807) is 12.1 Å². The van der Waals surface area contributed by atoms with Crippen LogP contribution in [0.4, 0.5) is 0 Å². The van der Waals surface area contributed by atoms with Crippen molar-refractivity contribution in [1.29, 1.82) is 0 Å². The second-order valence-electron chi connectivity index (χ2n) is 7.28. The summed E-state index contributed by atoms with van der Waals surface area (Å²) in [6.45, 7) is 1.94. The van der Waals surface area contributed by atoms with Crippen LogP contribution in [0.15, 0.2) is 102 Å². The van der Waals surface area contributed by atoms with Gasteiger partial charge in [-0.15, -0.1) is 0 Å². The molecule has 1 atom stereocenters. The highest BCUT2D eigenvalue weighted by Crippen LogP contribution is 2.25. The molecule has 0 saturated carbocycles. The van der Waals surface area contributed by atoms with Gasteiger partial charge in [0.25, 0.3) is 0 Å². The van der Waals surface area contributed by atoms with Crippen LogP contribution in [0, 0.1) is 6.92 Å². The molecule has 4 aromatic carbocycles. The van der Waals surface area contributed by atoms with Crippen LogP contribution in [0.3, 0.4) is 0 Å². The Morgan fingerprint density at radius 3 is 2.14 bits per heavy atom. The first-order chi connectivity index (χ1) is 14.0. The minimum Gasteiger partial charge on any atom is -0.207 e. The van der Waals surface area contributed by atoms with Crippen LogP contribution in [0.25, 0.3) is 10.8 Å². The van der Waals surface area contributed by atoms with Crippen molar-refractivity contribution in [1.82, 2.24) is 4.72 Å². The monoisotopic (exact) mass is 401 g/mol. The van der Waals surface area contributed by atoms with Gasteiger partial charge in [-0.2, -0.15) is 0 Å². The number of rotatable bonds is 6. The van der Waals surface area contributed by atoms with Crippen molar-refractivity contribution >= 4 is 20.8 Å². The van der Waals surface area contributed by atoms with Crippen molar-refractivity contribution in [3.63, 3.8) is 0 Å². The third-order valence-corrected chi connectivity index (χ3v) is 6.57. The molecule has 0 fully saturated rings. The lowest BCUT2D eigenvalue weighted by molar-refractivity contribution is 0.555. The molecule has 1 unspecified atom stereocenters. The van der Waals surface area contributed by atoms with Crippen LogP contribution in [0.1, 0.15) is 22.7 Å². The van der Waals surface area contributed by atoms with E-state index in [9.17, 15) is 8.42 Å². The second-order valence-corrected chi connectivity index (χ2v) is 9.00. The second kappa shape index (κ2) is 8.19. The number of aryl methyl sites for hydroxylation is 1. The van der Waals surface area contributed by atoms with Gasteiger partial charge in [0.2, 0.25) is 10.0 Å². The number of sulfonamides is 1. The first kappa shape index (κ1) is 19.4. The summed E-state index contributed by atoms with van der Waals surface area (Å²) >= 11 is 0. The molecule has 0 radical (unpaired) electrons. The molecule has 0 aliphatic rings. The minimum absolute atomic E-state index is 0.280. The highest BCUT2D eigenvalue weighted by molar-refractivity contribution is 7.89. The van der Waals surface area contributed by atoms with Gasteiger partial charge in [-0.25, -0.2) is 13.1 Å². The fraction of sp³-hybridized carbons (Fsp3) is 0.120. The number of fused-ring (bicyclic) bond motifs is 1. The molecule has 146 valence electrons. The molecule has 4 aromatic rings. The van der Waals surface area contributed by atoms with E-state index < -0.39 is 10.0 Å². The van der Waals surface area contributed by atoms with Crippen LogP contribution >= 0.6 is 0 Å². The number of hydrogen-bond acceptors (Lipinski definition) is 2. The zero-order chi connectivity index (χ0) is 20.3. The molecule has 0 spiro atoms. The highest BCUT2D eigenvalue weighted by Gasteiger charge is 2.22. The summed E-state index contributed by atoms with van der Waals surface area (Å²) in [5.74, 6) is 0. The van der Waals surface area contributed by atoms with Gasteiger partial charge in [0, 0.05) is 0 Å². The predicted molar refractivity (Wildman–Crippen MR) is 118 cm³/mol. The first-order valence-corrected chi connectivity index (χ1v) is 11.1. The average Bonchev–Trinajstić information content (AvgIpc) is 2.74. The maximum atomic E-state index is 13.1. The molecular weight excluding hydrogens is 378 g/mol. The van der Waals surface area contributed by atoms with E-state index >= 15 is 0 Å². The largest absolute Gasteiger partial charge is 0.241 e. The summed E-state index contributed by atoms with van der Waals surface area (Å²) in [7, 11) is -3.65. The Kier molecular flexibility index (Phi) is 5.47. The molecule has 0 heterocycles. The summed E-state index contributed by atoms with van der Waals surface area (Å²) in [5, 5.41) is 2.23. The lowest BCUT2D eigenvalue weighted by atomic mass is 9.97. The molecule has 4 rings (SSSR count). The summed E-state index contributed by atoms with van der Waals surface area (Å²) < 4.78 is 29.1. The number of hydrogen-bond donors (Lipinski definition) is 1. The molecule has 3 nitrogen and oxygen atoms in total. The zero-order valence-electron chi connectivity index (χ0n) is 16.2. The van der Waals surface area contributed by atoms with Crippen LogP contribution in [-0.2, 0) is 16.4 Å². The summed E-state index contributed by atoms with van der Waals surface area (Å²) in [4.78, 5) is 0.280. The Balaban J connectivity index is 1.72. The standard InChI is InChI=1S/C25H23NO2S/c1-19-11-15-24(16-12-19)29(27,28)26-25(17-20-7-3-2-4-8-20)23-14-13-21-9-5-6-10-22(21)18-23/h2-16,18,25-26H,17H2,1H3. The van der Waals surface area contributed by atoms with E-state index in [4.69, 9.17) is 0 Å². The zero-order valence-corrected chi connectivity index (χ0v) is 17.1. The topological polar surface area (TPSA) is 46.2 Å². The van der Waals surface area contributed by atoms with Crippen molar-refractivity contribution in [3.05, 3.63) is 114 Å². The van der Waals surface area contributed by atoms with Crippen molar-refractivity contribution in [2.24, 2.45) is 0 Å². The van der Waals surface area contributed by atoms with E-state index in [0.717, 1.165) is 27.5 Å². The minimum atomic E-state index is -3.65. The molecule has 0 aliphatic carbocycles. The highest BCUT2D eigenvalue weighted by atomic mass is 32.2. The molecule has 0 amide bonds. The lowest BCUT2D eigenvalue weighted by Gasteiger charge is -2.20. The van der Waals surface area contributed by atoms with Crippen LogP contribution in [0.2, 0.25) is 0 Å². The molecule has 4 heteroatoms. The first-order valence-electron chi connectivity index (χ1n) is 9.63. The fourth-order valence-corrected chi connectivity index (χ4v) is 4.70. The van der Waals surface area contributed by atoms with E-state index in [2.05, 4.69) is 16.9 Å². The molecule has 0 aromatic heterocycles. The van der Waals surface area contributed by atoms with Gasteiger partial charge < -0.3 is 0 Å². The third kappa shape index (κ3) is 4.56. The van der Waals surface area contributed by atoms with E-state index in [0.29, 0.717) is 6.42 Å². The summed E-state index contributed by atoms with van der Waals surface area (Å²) in [5.41, 5.74) is 3.06. The van der Waals surface area contributed by atoms with Gasteiger partial charge in [0.15, 0.2) is 0 Å². The summed E-state index contributed by atoms with van der Waals surface area (Å²) in [6.07, 6.45) is 0.574. The average molecular weight is 402 g/mol. The number of benzene rings is 4. The van der Waals surface area contributed by atoms with E-state index in [-0.39, 0.29) is 10.9 Å². The fourth-order valence-electron chi connectivity index (χ4n) is 3.47.